The van der Waals surface area contributed by atoms with Gasteiger partial charge in [0.2, 0.25) is 5.91 Å². The number of benzene rings is 1. The summed E-state index contributed by atoms with van der Waals surface area (Å²) < 4.78 is 0. The Morgan fingerprint density at radius 2 is 2.00 bits per heavy atom. The maximum Gasteiger partial charge on any atom is 0.261 e. The van der Waals surface area contributed by atoms with Crippen molar-refractivity contribution in [2.24, 2.45) is 5.73 Å². The van der Waals surface area contributed by atoms with Crippen LogP contribution in [0.2, 0.25) is 0 Å². The summed E-state index contributed by atoms with van der Waals surface area (Å²) in [5.74, 6) is -0.419. The van der Waals surface area contributed by atoms with Crippen LogP contribution in [0.25, 0.3) is 0 Å². The van der Waals surface area contributed by atoms with E-state index < -0.39 is 0 Å². The van der Waals surface area contributed by atoms with Crippen molar-refractivity contribution in [3.8, 4) is 0 Å². The third-order valence-corrected chi connectivity index (χ3v) is 3.57. The Morgan fingerprint density at radius 3 is 2.81 bits per heavy atom. The average molecular weight is 281 g/mol. The zero-order valence-electron chi connectivity index (χ0n) is 11.5. The summed E-state index contributed by atoms with van der Waals surface area (Å²) in [4.78, 5) is 30.0. The third kappa shape index (κ3) is 2.55. The summed E-state index contributed by atoms with van der Waals surface area (Å²) >= 11 is 0. The lowest BCUT2D eigenvalue weighted by Gasteiger charge is -2.26. The van der Waals surface area contributed by atoms with Gasteiger partial charge in [0, 0.05) is 18.3 Å². The summed E-state index contributed by atoms with van der Waals surface area (Å²) in [5.41, 5.74) is 8.55. The molecule has 3 rings (SSSR count). The Labute approximate surface area is 122 Å². The zero-order valence-corrected chi connectivity index (χ0v) is 11.5. The van der Waals surface area contributed by atoms with E-state index in [1.807, 2.05) is 24.3 Å². The minimum Gasteiger partial charge on any atom is -0.325 e. The van der Waals surface area contributed by atoms with E-state index >= 15 is 0 Å². The summed E-state index contributed by atoms with van der Waals surface area (Å²) in [6, 6.07) is 10.8. The van der Waals surface area contributed by atoms with Crippen LogP contribution in [0.5, 0.6) is 0 Å². The molecule has 1 aliphatic rings. The highest BCUT2D eigenvalue weighted by atomic mass is 16.2. The lowest BCUT2D eigenvalue weighted by molar-refractivity contribution is -0.128. The number of aromatic nitrogens is 1. The van der Waals surface area contributed by atoms with Gasteiger partial charge in [-0.15, -0.1) is 0 Å². The number of pyridine rings is 1. The molecule has 0 spiro atoms. The first-order valence-electron chi connectivity index (χ1n) is 6.75. The molecule has 2 N–H and O–H groups in total. The van der Waals surface area contributed by atoms with Crippen LogP contribution in [0.1, 0.15) is 27.2 Å². The highest BCUT2D eigenvalue weighted by molar-refractivity contribution is 6.09. The summed E-state index contributed by atoms with van der Waals surface area (Å²) in [6.07, 6.45) is 1.90. The zero-order chi connectivity index (χ0) is 14.8. The van der Waals surface area contributed by atoms with Gasteiger partial charge in [0.15, 0.2) is 0 Å². The van der Waals surface area contributed by atoms with Gasteiger partial charge < -0.3 is 5.73 Å². The first-order chi connectivity index (χ1) is 10.2. The summed E-state index contributed by atoms with van der Waals surface area (Å²) in [5, 5.41) is 0. The molecule has 5 heteroatoms. The second kappa shape index (κ2) is 5.46. The normalized spacial score (nSPS) is 14.2. The Kier molecular flexibility index (Phi) is 3.50. The number of carbonyl (C=O) groups excluding carboxylic acids is 2. The highest BCUT2D eigenvalue weighted by Crippen LogP contribution is 2.21. The van der Waals surface area contributed by atoms with E-state index in [0.717, 1.165) is 16.8 Å². The number of imide groups is 1. The first kappa shape index (κ1) is 13.5. The van der Waals surface area contributed by atoms with Gasteiger partial charge >= 0.3 is 0 Å². The standard InChI is InChI=1S/C16H15N3O2/c17-9-13-7-11(5-6-18-13)10-19-15(20)8-12-3-1-2-4-14(12)16(19)21/h1-7H,8-10,17H2. The monoisotopic (exact) mass is 281 g/mol. The van der Waals surface area contributed by atoms with Crippen LogP contribution in [0.3, 0.4) is 0 Å². The number of nitrogens with zero attached hydrogens (tertiary/aromatic N) is 2. The van der Waals surface area contributed by atoms with Crippen LogP contribution < -0.4 is 5.73 Å². The second-order valence-corrected chi connectivity index (χ2v) is 4.98. The van der Waals surface area contributed by atoms with Crippen molar-refractivity contribution in [2.75, 3.05) is 0 Å². The Balaban J connectivity index is 1.89. The maximum absolute atomic E-state index is 12.5. The first-order valence-corrected chi connectivity index (χ1v) is 6.75. The number of nitrogens with two attached hydrogens (primary N) is 1. The maximum atomic E-state index is 12.5. The molecule has 0 unspecified atom stereocenters. The van der Waals surface area contributed by atoms with Crippen LogP contribution in [-0.2, 0) is 24.3 Å². The van der Waals surface area contributed by atoms with Gasteiger partial charge in [-0.25, -0.2) is 0 Å². The fourth-order valence-electron chi connectivity index (χ4n) is 2.48. The van der Waals surface area contributed by atoms with E-state index in [1.54, 1.807) is 18.3 Å². The molecule has 1 aromatic carbocycles. The van der Waals surface area contributed by atoms with Crippen LogP contribution in [0, 0.1) is 0 Å². The average Bonchev–Trinajstić information content (AvgIpc) is 2.51. The predicted octanol–water partition coefficient (Wildman–Crippen LogP) is 1.27. The molecule has 2 amide bonds. The van der Waals surface area contributed by atoms with Crippen LogP contribution >= 0.6 is 0 Å². The molecule has 0 atom stereocenters. The lowest BCUT2D eigenvalue weighted by atomic mass is 9.98. The van der Waals surface area contributed by atoms with E-state index in [9.17, 15) is 9.59 Å². The van der Waals surface area contributed by atoms with Crippen LogP contribution in [0.15, 0.2) is 42.6 Å². The minimum atomic E-state index is -0.243. The minimum absolute atomic E-state index is 0.176. The quantitative estimate of drug-likeness (QED) is 0.859. The molecular weight excluding hydrogens is 266 g/mol. The molecule has 0 fully saturated rings. The largest absolute Gasteiger partial charge is 0.325 e. The van der Waals surface area contributed by atoms with Crippen molar-refractivity contribution in [3.63, 3.8) is 0 Å². The molecule has 2 heterocycles. The van der Waals surface area contributed by atoms with E-state index in [0.29, 0.717) is 12.1 Å². The van der Waals surface area contributed by atoms with Gasteiger partial charge in [-0.2, -0.15) is 0 Å². The SMILES string of the molecule is NCc1cc(CN2C(=O)Cc3ccccc3C2=O)ccn1. The third-order valence-electron chi connectivity index (χ3n) is 3.57. The summed E-state index contributed by atoms with van der Waals surface area (Å²) in [6.45, 7) is 0.583. The number of fused-ring (bicyclic) bond motifs is 1. The van der Waals surface area contributed by atoms with Crippen LogP contribution in [-0.4, -0.2) is 21.7 Å². The van der Waals surface area contributed by atoms with Gasteiger partial charge in [0.25, 0.3) is 5.91 Å². The van der Waals surface area contributed by atoms with Crippen molar-refractivity contribution in [1.29, 1.82) is 0 Å². The van der Waals surface area contributed by atoms with Crippen molar-refractivity contribution in [2.45, 2.75) is 19.5 Å². The number of hydrogen-bond acceptors (Lipinski definition) is 4. The second-order valence-electron chi connectivity index (χ2n) is 4.98. The van der Waals surface area contributed by atoms with Crippen molar-refractivity contribution in [1.82, 2.24) is 9.88 Å². The van der Waals surface area contributed by atoms with Gasteiger partial charge in [-0.1, -0.05) is 18.2 Å². The predicted molar refractivity (Wildman–Crippen MR) is 77.2 cm³/mol. The van der Waals surface area contributed by atoms with Gasteiger partial charge in [0.05, 0.1) is 18.7 Å². The molecule has 5 nitrogen and oxygen atoms in total. The topological polar surface area (TPSA) is 76.3 Å². The number of hydrogen-bond donors (Lipinski definition) is 1. The molecule has 2 aromatic rings. The Bertz CT molecular complexity index is 712. The number of carbonyl (C=O) groups is 2. The van der Waals surface area contributed by atoms with E-state index in [1.165, 1.54) is 4.90 Å². The molecule has 1 aliphatic heterocycles. The van der Waals surface area contributed by atoms with Crippen LogP contribution in [0.4, 0.5) is 0 Å². The molecule has 21 heavy (non-hydrogen) atoms. The molecule has 0 bridgehead atoms. The van der Waals surface area contributed by atoms with Crippen molar-refractivity contribution < 1.29 is 9.59 Å². The molecular formula is C16H15N3O2. The molecule has 0 saturated carbocycles. The molecule has 106 valence electrons. The fourth-order valence-corrected chi connectivity index (χ4v) is 2.48. The van der Waals surface area contributed by atoms with E-state index in [2.05, 4.69) is 4.98 Å². The van der Waals surface area contributed by atoms with E-state index in [4.69, 9.17) is 5.73 Å². The van der Waals surface area contributed by atoms with E-state index in [-0.39, 0.29) is 24.8 Å². The molecule has 1 aromatic heterocycles. The highest BCUT2D eigenvalue weighted by Gasteiger charge is 2.30. The summed E-state index contributed by atoms with van der Waals surface area (Å²) in [7, 11) is 0. The molecule has 0 saturated heterocycles. The van der Waals surface area contributed by atoms with Crippen molar-refractivity contribution >= 4 is 11.8 Å². The number of amides is 2. The fraction of sp³-hybridized carbons (Fsp3) is 0.188. The number of rotatable bonds is 3. The van der Waals surface area contributed by atoms with Gasteiger partial charge in [-0.05, 0) is 29.3 Å². The van der Waals surface area contributed by atoms with Crippen molar-refractivity contribution in [3.05, 3.63) is 65.0 Å². The Hall–Kier alpha value is -2.53. The lowest BCUT2D eigenvalue weighted by Crippen LogP contribution is -2.41. The van der Waals surface area contributed by atoms with Gasteiger partial charge in [0.1, 0.15) is 0 Å². The molecule has 0 aliphatic carbocycles. The Morgan fingerprint density at radius 1 is 1.19 bits per heavy atom. The van der Waals surface area contributed by atoms with Gasteiger partial charge in [-0.3, -0.25) is 19.5 Å². The molecule has 0 radical (unpaired) electrons. The smallest absolute Gasteiger partial charge is 0.261 e.